The van der Waals surface area contributed by atoms with Crippen molar-refractivity contribution in [1.82, 2.24) is 24.5 Å². The molecule has 1 aliphatic heterocycles. The van der Waals surface area contributed by atoms with Crippen LogP contribution in [0.2, 0.25) is 0 Å². The first-order chi connectivity index (χ1) is 18.3. The van der Waals surface area contributed by atoms with Crippen LogP contribution in [-0.4, -0.2) is 44.0 Å². The Labute approximate surface area is 217 Å². The number of nitrogens with zero attached hydrogens (tertiary/aromatic N) is 5. The van der Waals surface area contributed by atoms with Crippen LogP contribution in [0.4, 0.5) is 8.78 Å². The third-order valence-electron chi connectivity index (χ3n) is 8.70. The second-order valence-corrected chi connectivity index (χ2v) is 10.6. The topological polar surface area (TPSA) is 98.6 Å². The maximum Gasteiger partial charge on any atom is 0.387 e. The van der Waals surface area contributed by atoms with Crippen LogP contribution in [0.3, 0.4) is 0 Å². The highest BCUT2D eigenvalue weighted by Crippen LogP contribution is 2.52. The number of pyridine rings is 1. The number of carbonyl (C=O) groups is 1. The Hall–Kier alpha value is -3.92. The zero-order valence-electron chi connectivity index (χ0n) is 20.9. The number of rotatable bonds is 4. The van der Waals surface area contributed by atoms with Crippen LogP contribution >= 0.6 is 0 Å². The van der Waals surface area contributed by atoms with Crippen molar-refractivity contribution in [2.24, 2.45) is 11.7 Å². The Morgan fingerprint density at radius 3 is 2.71 bits per heavy atom. The van der Waals surface area contributed by atoms with Gasteiger partial charge in [-0.1, -0.05) is 13.0 Å². The number of fused-ring (bicyclic) bond motifs is 9. The van der Waals surface area contributed by atoms with E-state index in [0.29, 0.717) is 34.8 Å². The van der Waals surface area contributed by atoms with Crippen LogP contribution < -0.4 is 10.5 Å². The molecule has 3 aliphatic rings. The molecule has 4 unspecified atom stereocenters. The van der Waals surface area contributed by atoms with Crippen molar-refractivity contribution in [3.05, 3.63) is 76.9 Å². The van der Waals surface area contributed by atoms with E-state index in [4.69, 9.17) is 20.6 Å². The number of amides is 1. The van der Waals surface area contributed by atoms with Gasteiger partial charge in [-0.2, -0.15) is 13.9 Å². The Balaban J connectivity index is 1.35. The van der Waals surface area contributed by atoms with Gasteiger partial charge < -0.3 is 15.4 Å². The van der Waals surface area contributed by atoms with Gasteiger partial charge in [-0.3, -0.25) is 9.78 Å². The monoisotopic (exact) mass is 516 g/mol. The van der Waals surface area contributed by atoms with E-state index in [-0.39, 0.29) is 29.2 Å². The molecule has 4 heterocycles. The van der Waals surface area contributed by atoms with Crippen molar-refractivity contribution >= 4 is 11.6 Å². The number of carbonyl (C=O) groups excluding carboxylic acids is 1. The molecule has 10 heteroatoms. The summed E-state index contributed by atoms with van der Waals surface area (Å²) in [5.41, 5.74) is 11.5. The highest BCUT2D eigenvalue weighted by Gasteiger charge is 2.46. The molecule has 3 aromatic heterocycles. The minimum Gasteiger partial charge on any atom is -0.434 e. The molecule has 1 saturated carbocycles. The summed E-state index contributed by atoms with van der Waals surface area (Å²) in [6.07, 6.45) is 4.32. The third-order valence-corrected chi connectivity index (χ3v) is 8.70. The number of benzene rings is 1. The maximum atomic E-state index is 13.3. The minimum atomic E-state index is -3.01. The van der Waals surface area contributed by atoms with Gasteiger partial charge in [0.15, 0.2) is 5.65 Å². The van der Waals surface area contributed by atoms with Crippen molar-refractivity contribution in [2.75, 3.05) is 7.05 Å². The van der Waals surface area contributed by atoms with Gasteiger partial charge in [0, 0.05) is 35.9 Å². The Kier molecular flexibility index (Phi) is 4.91. The van der Waals surface area contributed by atoms with Gasteiger partial charge in [-0.05, 0) is 61.6 Å². The molecule has 38 heavy (non-hydrogen) atoms. The Morgan fingerprint density at radius 1 is 1.18 bits per heavy atom. The van der Waals surface area contributed by atoms with E-state index >= 15 is 0 Å². The Morgan fingerprint density at radius 2 is 2.03 bits per heavy atom. The van der Waals surface area contributed by atoms with Crippen LogP contribution in [-0.2, 0) is 5.54 Å². The lowest BCUT2D eigenvalue weighted by molar-refractivity contribution is -0.0506. The minimum absolute atomic E-state index is 0.00424. The number of alkyl halides is 2. The summed E-state index contributed by atoms with van der Waals surface area (Å²) in [6.45, 7) is -0.861. The number of hydrogen-bond donors (Lipinski definition) is 1. The molecule has 1 aromatic carbocycles. The molecule has 4 atom stereocenters. The van der Waals surface area contributed by atoms with Crippen molar-refractivity contribution in [2.45, 2.75) is 50.3 Å². The molecule has 8 nitrogen and oxygen atoms in total. The molecule has 1 amide bonds. The SMILES string of the molecule is CC1CCC1(N)c1ccc(-c2ccc3nc4c(n3n2)C2CC4N(C)C(=O)c3cccc(OC(F)F)c32)cn1. The molecule has 1 fully saturated rings. The number of ether oxygens (including phenoxy) is 1. The fourth-order valence-electron chi connectivity index (χ4n) is 6.30. The molecule has 7 rings (SSSR count). The molecule has 4 aromatic rings. The van der Waals surface area contributed by atoms with E-state index in [2.05, 4.69) is 11.9 Å². The van der Waals surface area contributed by atoms with Gasteiger partial charge in [-0.15, -0.1) is 0 Å². The average Bonchev–Trinajstić information content (AvgIpc) is 3.44. The standard InChI is InChI=1S/C28H26F2N6O2/c1-14-10-11-28(14,31)21-8-6-15(13-32-21)18-7-9-22-33-24-19-12-17(25(24)36(22)34-18)23-16(26(37)35(19)2)4-3-5-20(23)38-27(29)30/h3-9,13-14,17,19,27H,10-12,31H2,1-2H3. The number of nitrogens with two attached hydrogens (primary N) is 1. The lowest BCUT2D eigenvalue weighted by Gasteiger charge is -2.44. The van der Waals surface area contributed by atoms with Crippen molar-refractivity contribution in [1.29, 1.82) is 0 Å². The summed E-state index contributed by atoms with van der Waals surface area (Å²) >= 11 is 0. The van der Waals surface area contributed by atoms with E-state index in [1.165, 1.54) is 6.07 Å². The van der Waals surface area contributed by atoms with Gasteiger partial charge in [0.25, 0.3) is 5.91 Å². The van der Waals surface area contributed by atoms with Gasteiger partial charge in [-0.25, -0.2) is 9.50 Å². The lowest BCUT2D eigenvalue weighted by Crippen LogP contribution is -2.51. The van der Waals surface area contributed by atoms with E-state index in [1.807, 2.05) is 24.3 Å². The third kappa shape index (κ3) is 3.16. The first-order valence-electron chi connectivity index (χ1n) is 12.8. The van der Waals surface area contributed by atoms with E-state index in [1.54, 1.807) is 34.8 Å². The molecule has 194 valence electrons. The maximum absolute atomic E-state index is 13.3. The summed E-state index contributed by atoms with van der Waals surface area (Å²) in [6, 6.07) is 12.1. The quantitative estimate of drug-likeness (QED) is 0.424. The van der Waals surface area contributed by atoms with Crippen LogP contribution in [0.15, 0.2) is 48.7 Å². The molecule has 2 bridgehead atoms. The average molecular weight is 517 g/mol. The van der Waals surface area contributed by atoms with E-state index in [0.717, 1.165) is 35.5 Å². The number of imidazole rings is 1. The fraction of sp³-hybridized carbons (Fsp3) is 0.357. The predicted octanol–water partition coefficient (Wildman–Crippen LogP) is 4.64. The molecule has 2 N–H and O–H groups in total. The largest absolute Gasteiger partial charge is 0.434 e. The summed E-state index contributed by atoms with van der Waals surface area (Å²) in [5, 5.41) is 4.91. The van der Waals surface area contributed by atoms with Gasteiger partial charge in [0.2, 0.25) is 0 Å². The van der Waals surface area contributed by atoms with Crippen LogP contribution in [0.25, 0.3) is 16.9 Å². The summed E-state index contributed by atoms with van der Waals surface area (Å²) in [5.74, 6) is -0.235. The van der Waals surface area contributed by atoms with Crippen LogP contribution in [0.5, 0.6) is 5.75 Å². The first kappa shape index (κ1) is 23.2. The molecule has 2 aliphatic carbocycles. The summed E-state index contributed by atoms with van der Waals surface area (Å²) in [4.78, 5) is 24.4. The highest BCUT2D eigenvalue weighted by molar-refractivity contribution is 5.98. The van der Waals surface area contributed by atoms with Crippen molar-refractivity contribution < 1.29 is 18.3 Å². The molecule has 0 radical (unpaired) electrons. The predicted molar refractivity (Wildman–Crippen MR) is 135 cm³/mol. The normalized spacial score (nSPS) is 25.8. The summed E-state index contributed by atoms with van der Waals surface area (Å²) in [7, 11) is 1.72. The van der Waals surface area contributed by atoms with Gasteiger partial charge in [0.05, 0.1) is 34.4 Å². The van der Waals surface area contributed by atoms with Crippen LogP contribution in [0.1, 0.15) is 71.1 Å². The molecule has 0 saturated heterocycles. The van der Waals surface area contributed by atoms with Crippen molar-refractivity contribution in [3.8, 4) is 17.0 Å². The number of aromatic nitrogens is 4. The van der Waals surface area contributed by atoms with Crippen molar-refractivity contribution in [3.63, 3.8) is 0 Å². The smallest absolute Gasteiger partial charge is 0.387 e. The molecular weight excluding hydrogens is 490 g/mol. The van der Waals surface area contributed by atoms with E-state index < -0.39 is 6.61 Å². The van der Waals surface area contributed by atoms with Gasteiger partial charge in [0.1, 0.15) is 5.75 Å². The second-order valence-electron chi connectivity index (χ2n) is 10.6. The van der Waals surface area contributed by atoms with Gasteiger partial charge >= 0.3 is 6.61 Å². The zero-order chi connectivity index (χ0) is 26.3. The van der Waals surface area contributed by atoms with E-state index in [9.17, 15) is 13.6 Å². The van der Waals surface area contributed by atoms with Crippen LogP contribution in [0, 0.1) is 5.92 Å². The molecule has 0 spiro atoms. The number of hydrogen-bond acceptors (Lipinski definition) is 6. The molecular formula is C28H26F2N6O2. The number of halogens is 2. The second kappa shape index (κ2) is 8.04. The lowest BCUT2D eigenvalue weighted by atomic mass is 9.66. The Bertz CT molecular complexity index is 1600. The zero-order valence-corrected chi connectivity index (χ0v) is 20.9. The highest BCUT2D eigenvalue weighted by atomic mass is 19.3. The fourth-order valence-corrected chi connectivity index (χ4v) is 6.30. The summed E-state index contributed by atoms with van der Waals surface area (Å²) < 4.78 is 33.3. The first-order valence-corrected chi connectivity index (χ1v) is 12.8.